The quantitative estimate of drug-likeness (QED) is 0.606. The van der Waals surface area contributed by atoms with Crippen LogP contribution in [0.25, 0.3) is 6.08 Å². The summed E-state index contributed by atoms with van der Waals surface area (Å²) in [5.41, 5.74) is 3.03. The molecule has 0 bridgehead atoms. The molecule has 0 aliphatic carbocycles. The number of hydrogen-bond acceptors (Lipinski definition) is 1. The summed E-state index contributed by atoms with van der Waals surface area (Å²) < 4.78 is 0. The van der Waals surface area contributed by atoms with Crippen LogP contribution >= 0.6 is 0 Å². The monoisotopic (exact) mass is 351 g/mol. The Morgan fingerprint density at radius 1 is 0.815 bits per heavy atom. The standard InChI is InChI=1S/C25H21NO/c27-25(19-18-23-13-6-2-7-14-23)26(21-24-15-8-3-9-16-24)20-10-17-22-11-4-1-5-12-22/h1-17H,20-21H2/b17-10+. The Hall–Kier alpha value is -3.57. The molecule has 2 heteroatoms. The highest BCUT2D eigenvalue weighted by atomic mass is 16.2. The summed E-state index contributed by atoms with van der Waals surface area (Å²) in [6.45, 7) is 1.04. The van der Waals surface area contributed by atoms with Crippen molar-refractivity contribution in [2.45, 2.75) is 6.54 Å². The predicted molar refractivity (Wildman–Crippen MR) is 111 cm³/mol. The number of amides is 1. The van der Waals surface area contributed by atoms with Gasteiger partial charge in [0.2, 0.25) is 0 Å². The first-order chi connectivity index (χ1) is 13.3. The third-order valence-corrected chi connectivity index (χ3v) is 4.03. The number of hydrogen-bond donors (Lipinski definition) is 0. The summed E-state index contributed by atoms with van der Waals surface area (Å²) in [6, 6.07) is 29.6. The molecule has 0 saturated carbocycles. The van der Waals surface area contributed by atoms with Crippen LogP contribution in [0.5, 0.6) is 0 Å². The van der Waals surface area contributed by atoms with Gasteiger partial charge >= 0.3 is 0 Å². The van der Waals surface area contributed by atoms with E-state index in [2.05, 4.69) is 11.8 Å². The lowest BCUT2D eigenvalue weighted by Crippen LogP contribution is -2.29. The van der Waals surface area contributed by atoms with Crippen LogP contribution in [0.4, 0.5) is 0 Å². The zero-order chi connectivity index (χ0) is 18.7. The first-order valence-electron chi connectivity index (χ1n) is 8.93. The molecule has 0 radical (unpaired) electrons. The van der Waals surface area contributed by atoms with Gasteiger partial charge < -0.3 is 4.90 Å². The van der Waals surface area contributed by atoms with E-state index in [4.69, 9.17) is 0 Å². The van der Waals surface area contributed by atoms with Gasteiger partial charge in [-0.2, -0.15) is 0 Å². The summed E-state index contributed by atoms with van der Waals surface area (Å²) in [6.07, 6.45) is 4.02. The molecule has 3 aromatic rings. The third kappa shape index (κ3) is 6.02. The molecule has 0 aliphatic rings. The maximum atomic E-state index is 12.7. The van der Waals surface area contributed by atoms with Crippen molar-refractivity contribution in [2.24, 2.45) is 0 Å². The number of carbonyl (C=O) groups excluding carboxylic acids is 1. The van der Waals surface area contributed by atoms with Gasteiger partial charge in [-0.15, -0.1) is 0 Å². The molecule has 132 valence electrons. The van der Waals surface area contributed by atoms with Crippen molar-refractivity contribution < 1.29 is 4.79 Å². The molecule has 3 aromatic carbocycles. The summed E-state index contributed by atoms with van der Waals surface area (Å²) in [4.78, 5) is 14.4. The topological polar surface area (TPSA) is 20.3 Å². The van der Waals surface area contributed by atoms with Crippen LogP contribution in [0.2, 0.25) is 0 Å². The number of rotatable bonds is 5. The van der Waals surface area contributed by atoms with Gasteiger partial charge in [-0.05, 0) is 23.3 Å². The fraction of sp³-hybridized carbons (Fsp3) is 0.0800. The van der Waals surface area contributed by atoms with Crippen molar-refractivity contribution in [3.63, 3.8) is 0 Å². The van der Waals surface area contributed by atoms with Crippen molar-refractivity contribution in [1.29, 1.82) is 0 Å². The van der Waals surface area contributed by atoms with E-state index in [1.807, 2.05) is 103 Å². The van der Waals surface area contributed by atoms with Crippen LogP contribution in [0.3, 0.4) is 0 Å². The Morgan fingerprint density at radius 3 is 2.07 bits per heavy atom. The van der Waals surface area contributed by atoms with Crippen LogP contribution in [0.15, 0.2) is 97.1 Å². The zero-order valence-electron chi connectivity index (χ0n) is 15.1. The normalized spacial score (nSPS) is 10.2. The van der Waals surface area contributed by atoms with E-state index in [1.54, 1.807) is 4.90 Å². The number of nitrogens with zero attached hydrogens (tertiary/aromatic N) is 1. The van der Waals surface area contributed by atoms with Crippen molar-refractivity contribution in [3.05, 3.63) is 114 Å². The van der Waals surface area contributed by atoms with Crippen molar-refractivity contribution in [3.8, 4) is 11.8 Å². The maximum Gasteiger partial charge on any atom is 0.299 e. The molecule has 1 amide bonds. The molecule has 2 nitrogen and oxygen atoms in total. The molecule has 27 heavy (non-hydrogen) atoms. The lowest BCUT2D eigenvalue weighted by Gasteiger charge is -2.18. The Balaban J connectivity index is 1.73. The van der Waals surface area contributed by atoms with Crippen LogP contribution in [-0.2, 0) is 11.3 Å². The molecule has 0 spiro atoms. The second kappa shape index (κ2) is 9.79. The summed E-state index contributed by atoms with van der Waals surface area (Å²) in [7, 11) is 0. The lowest BCUT2D eigenvalue weighted by atomic mass is 10.2. The first kappa shape index (κ1) is 18.2. The molecule has 0 saturated heterocycles. The molecular weight excluding hydrogens is 330 g/mol. The van der Waals surface area contributed by atoms with Gasteiger partial charge in [-0.1, -0.05) is 96.9 Å². The smallest absolute Gasteiger partial charge is 0.299 e. The van der Waals surface area contributed by atoms with Gasteiger partial charge in [0.1, 0.15) is 0 Å². The summed E-state index contributed by atoms with van der Waals surface area (Å²) in [5, 5.41) is 0. The van der Waals surface area contributed by atoms with E-state index in [0.29, 0.717) is 13.1 Å². The van der Waals surface area contributed by atoms with E-state index < -0.39 is 0 Å². The molecule has 3 rings (SSSR count). The van der Waals surface area contributed by atoms with Crippen molar-refractivity contribution in [1.82, 2.24) is 4.90 Å². The van der Waals surface area contributed by atoms with Crippen molar-refractivity contribution in [2.75, 3.05) is 6.54 Å². The SMILES string of the molecule is O=C(C#Cc1ccccc1)N(C/C=C/c1ccccc1)Cc1ccccc1. The van der Waals surface area contributed by atoms with E-state index in [1.165, 1.54) is 0 Å². The second-order valence-electron chi connectivity index (χ2n) is 6.10. The highest BCUT2D eigenvalue weighted by Gasteiger charge is 2.10. The molecule has 0 aliphatic heterocycles. The fourth-order valence-corrected chi connectivity index (χ4v) is 2.63. The van der Waals surface area contributed by atoms with E-state index in [0.717, 1.165) is 16.7 Å². The maximum absolute atomic E-state index is 12.7. The highest BCUT2D eigenvalue weighted by Crippen LogP contribution is 2.07. The summed E-state index contributed by atoms with van der Waals surface area (Å²) >= 11 is 0. The van der Waals surface area contributed by atoms with E-state index >= 15 is 0 Å². The van der Waals surface area contributed by atoms with E-state index in [9.17, 15) is 4.79 Å². The Kier molecular flexibility index (Phi) is 6.61. The average molecular weight is 351 g/mol. The molecule has 0 heterocycles. The molecule has 0 unspecified atom stereocenters. The zero-order valence-corrected chi connectivity index (χ0v) is 15.1. The van der Waals surface area contributed by atoms with Gasteiger partial charge in [-0.25, -0.2) is 0 Å². The largest absolute Gasteiger partial charge is 0.324 e. The van der Waals surface area contributed by atoms with Gasteiger partial charge in [0.15, 0.2) is 0 Å². The molecular formula is C25H21NO. The molecule has 0 N–H and O–H groups in total. The van der Waals surface area contributed by atoms with Crippen LogP contribution < -0.4 is 0 Å². The summed E-state index contributed by atoms with van der Waals surface area (Å²) in [5.74, 6) is 5.54. The highest BCUT2D eigenvalue weighted by molar-refractivity contribution is 5.94. The van der Waals surface area contributed by atoms with Gasteiger partial charge in [-0.3, -0.25) is 4.79 Å². The van der Waals surface area contributed by atoms with E-state index in [-0.39, 0.29) is 5.91 Å². The fourth-order valence-electron chi connectivity index (χ4n) is 2.63. The molecule has 0 atom stereocenters. The Morgan fingerprint density at radius 2 is 1.41 bits per heavy atom. The predicted octanol–water partition coefficient (Wildman–Crippen LogP) is 4.78. The third-order valence-electron chi connectivity index (χ3n) is 4.03. The second-order valence-corrected chi connectivity index (χ2v) is 6.10. The van der Waals surface area contributed by atoms with Gasteiger partial charge in [0, 0.05) is 24.6 Å². The van der Waals surface area contributed by atoms with Gasteiger partial charge in [0.25, 0.3) is 5.91 Å². The molecule has 0 aromatic heterocycles. The molecule has 0 fully saturated rings. The minimum atomic E-state index is -0.180. The Labute approximate surface area is 160 Å². The van der Waals surface area contributed by atoms with Gasteiger partial charge in [0.05, 0.1) is 0 Å². The van der Waals surface area contributed by atoms with Crippen LogP contribution in [-0.4, -0.2) is 17.4 Å². The lowest BCUT2D eigenvalue weighted by molar-refractivity contribution is -0.125. The number of carbonyl (C=O) groups is 1. The average Bonchev–Trinajstić information content (AvgIpc) is 2.73. The van der Waals surface area contributed by atoms with Crippen LogP contribution in [0, 0.1) is 11.8 Å². The minimum Gasteiger partial charge on any atom is -0.324 e. The number of benzene rings is 3. The van der Waals surface area contributed by atoms with Crippen LogP contribution in [0.1, 0.15) is 16.7 Å². The minimum absolute atomic E-state index is 0.180. The first-order valence-corrected chi connectivity index (χ1v) is 8.93. The van der Waals surface area contributed by atoms with Crippen molar-refractivity contribution >= 4 is 12.0 Å². The Bertz CT molecular complexity index is 935.